The minimum atomic E-state index is 0.888. The van der Waals surface area contributed by atoms with Crippen molar-refractivity contribution in [1.29, 1.82) is 0 Å². The smallest absolute Gasteiger partial charge is 0.220 e. The van der Waals surface area contributed by atoms with E-state index in [1.807, 2.05) is 0 Å². The zero-order valence-electron chi connectivity index (χ0n) is 23.8. The molecule has 2 heterocycles. The average molecular weight is 560 g/mol. The first-order chi connectivity index (χ1) is 21.8. The van der Waals surface area contributed by atoms with E-state index in [0.717, 1.165) is 34.0 Å². The summed E-state index contributed by atoms with van der Waals surface area (Å²) in [6, 6.07) is 54.8. The van der Waals surface area contributed by atoms with Crippen LogP contribution in [0.3, 0.4) is 0 Å². The largest absolute Gasteiger partial charge is 0.280 e. The molecule has 0 radical (unpaired) electrons. The molecule has 0 atom stereocenters. The highest BCUT2D eigenvalue weighted by Crippen LogP contribution is 2.50. The van der Waals surface area contributed by atoms with Gasteiger partial charge in [-0.1, -0.05) is 115 Å². The Morgan fingerprint density at radius 3 is 1.80 bits per heavy atom. The highest BCUT2D eigenvalue weighted by molar-refractivity contribution is 6.18. The van der Waals surface area contributed by atoms with E-state index in [0.29, 0.717) is 0 Å². The molecule has 3 heteroatoms. The maximum absolute atomic E-state index is 5.23. The monoisotopic (exact) mass is 559 g/mol. The SMILES string of the molecule is c1ccc2c(c1)-c1cccc3c(-c4ccc(N5c6ccccc6-c6ccccc6-n6c5nc5ccccc56)cc4)ccc-2c13. The lowest BCUT2D eigenvalue weighted by atomic mass is 9.94. The number of anilines is 3. The summed E-state index contributed by atoms with van der Waals surface area (Å²) >= 11 is 0. The summed E-state index contributed by atoms with van der Waals surface area (Å²) in [6.45, 7) is 0. The van der Waals surface area contributed by atoms with Crippen molar-refractivity contribution in [3.63, 3.8) is 0 Å². The van der Waals surface area contributed by atoms with E-state index in [1.165, 1.54) is 55.3 Å². The highest BCUT2D eigenvalue weighted by Gasteiger charge is 2.29. The second-order valence-electron chi connectivity index (χ2n) is 11.6. The Balaban J connectivity index is 1.17. The van der Waals surface area contributed by atoms with Crippen molar-refractivity contribution < 1.29 is 0 Å². The van der Waals surface area contributed by atoms with Crippen molar-refractivity contribution in [2.75, 3.05) is 4.90 Å². The van der Waals surface area contributed by atoms with Gasteiger partial charge in [0.05, 0.1) is 22.4 Å². The molecule has 0 amide bonds. The van der Waals surface area contributed by atoms with E-state index >= 15 is 0 Å². The summed E-state index contributed by atoms with van der Waals surface area (Å²) in [6.07, 6.45) is 0. The van der Waals surface area contributed by atoms with Crippen LogP contribution < -0.4 is 4.90 Å². The first kappa shape index (κ1) is 23.6. The van der Waals surface area contributed by atoms with Gasteiger partial charge in [-0.15, -0.1) is 0 Å². The summed E-state index contributed by atoms with van der Waals surface area (Å²) in [7, 11) is 0. The maximum Gasteiger partial charge on any atom is 0.220 e. The lowest BCUT2D eigenvalue weighted by Crippen LogP contribution is -2.14. The number of aromatic nitrogens is 2. The summed E-state index contributed by atoms with van der Waals surface area (Å²) in [5.41, 5.74) is 15.5. The fourth-order valence-electron chi connectivity index (χ4n) is 7.41. The molecule has 0 unspecified atom stereocenters. The van der Waals surface area contributed by atoms with Gasteiger partial charge in [0, 0.05) is 16.8 Å². The van der Waals surface area contributed by atoms with E-state index in [9.17, 15) is 0 Å². The van der Waals surface area contributed by atoms with Crippen LogP contribution in [0.4, 0.5) is 17.3 Å². The first-order valence-electron chi connectivity index (χ1n) is 15.1. The molecular weight excluding hydrogens is 534 g/mol. The third-order valence-electron chi connectivity index (χ3n) is 9.31. The van der Waals surface area contributed by atoms with Crippen LogP contribution in [-0.2, 0) is 0 Å². The molecule has 0 N–H and O–H groups in total. The molecule has 10 rings (SSSR count). The van der Waals surface area contributed by atoms with Crippen molar-refractivity contribution in [3.8, 4) is 50.2 Å². The van der Waals surface area contributed by atoms with Gasteiger partial charge in [0.2, 0.25) is 5.95 Å². The number of rotatable bonds is 2. The van der Waals surface area contributed by atoms with Crippen LogP contribution in [0.15, 0.2) is 152 Å². The molecule has 0 saturated heterocycles. The summed E-state index contributed by atoms with van der Waals surface area (Å²) < 4.78 is 2.31. The molecule has 8 aromatic rings. The van der Waals surface area contributed by atoms with Gasteiger partial charge in [0.1, 0.15) is 0 Å². The van der Waals surface area contributed by atoms with Gasteiger partial charge in [-0.05, 0) is 80.6 Å². The number of benzene rings is 7. The lowest BCUT2D eigenvalue weighted by molar-refractivity contribution is 1.05. The predicted octanol–water partition coefficient (Wildman–Crippen LogP) is 10.9. The lowest BCUT2D eigenvalue weighted by Gasteiger charge is -2.24. The van der Waals surface area contributed by atoms with E-state index in [1.54, 1.807) is 0 Å². The fourth-order valence-corrected chi connectivity index (χ4v) is 7.41. The molecule has 1 aliphatic carbocycles. The molecule has 2 aliphatic rings. The van der Waals surface area contributed by atoms with Crippen LogP contribution in [0.5, 0.6) is 0 Å². The summed E-state index contributed by atoms with van der Waals surface area (Å²) in [4.78, 5) is 7.53. The normalized spacial score (nSPS) is 12.5. The Labute approximate surface area is 254 Å². The topological polar surface area (TPSA) is 21.1 Å². The van der Waals surface area contributed by atoms with Crippen molar-refractivity contribution in [1.82, 2.24) is 9.55 Å². The number of hydrogen-bond donors (Lipinski definition) is 0. The van der Waals surface area contributed by atoms with Crippen LogP contribution >= 0.6 is 0 Å². The highest BCUT2D eigenvalue weighted by atomic mass is 15.3. The van der Waals surface area contributed by atoms with Crippen LogP contribution in [0, 0.1) is 0 Å². The standard InChI is InChI=1S/C41H25N3/c1-2-11-30-29(10-1)34-15-9-14-33-28(24-25-35(30)40(33)34)26-20-22-27(23-21-26)43-37-17-6-3-12-31(37)32-13-4-7-18-38(32)44-39-19-8-5-16-36(39)42-41(43)44/h1-25H. The minimum Gasteiger partial charge on any atom is -0.280 e. The minimum absolute atomic E-state index is 0.888. The Morgan fingerprint density at radius 2 is 1.00 bits per heavy atom. The molecule has 0 bridgehead atoms. The molecule has 204 valence electrons. The van der Waals surface area contributed by atoms with Gasteiger partial charge in [0.15, 0.2) is 0 Å². The molecule has 0 fully saturated rings. The molecule has 7 aromatic carbocycles. The van der Waals surface area contributed by atoms with E-state index < -0.39 is 0 Å². The number of fused-ring (bicyclic) bond motifs is 10. The zero-order chi connectivity index (χ0) is 28.8. The van der Waals surface area contributed by atoms with Crippen LogP contribution in [0.25, 0.3) is 72.0 Å². The Kier molecular flexibility index (Phi) is 4.72. The van der Waals surface area contributed by atoms with E-state index in [2.05, 4.69) is 161 Å². The Morgan fingerprint density at radius 1 is 0.409 bits per heavy atom. The number of para-hydroxylation sites is 4. The van der Waals surface area contributed by atoms with Crippen molar-refractivity contribution in [2.24, 2.45) is 0 Å². The molecule has 0 spiro atoms. The number of nitrogens with zero attached hydrogens (tertiary/aromatic N) is 3. The van der Waals surface area contributed by atoms with Crippen molar-refractivity contribution in [2.45, 2.75) is 0 Å². The molecule has 44 heavy (non-hydrogen) atoms. The quantitative estimate of drug-likeness (QED) is 0.210. The van der Waals surface area contributed by atoms with Crippen LogP contribution in [0.1, 0.15) is 0 Å². The average Bonchev–Trinajstić information content (AvgIpc) is 3.59. The zero-order valence-corrected chi connectivity index (χ0v) is 23.8. The Bertz CT molecular complexity index is 2420. The molecule has 1 aliphatic heterocycles. The number of hydrogen-bond acceptors (Lipinski definition) is 2. The van der Waals surface area contributed by atoms with Crippen LogP contribution in [0.2, 0.25) is 0 Å². The Hall–Kier alpha value is -5.93. The van der Waals surface area contributed by atoms with Crippen LogP contribution in [-0.4, -0.2) is 9.55 Å². The third-order valence-corrected chi connectivity index (χ3v) is 9.31. The molecule has 3 nitrogen and oxygen atoms in total. The first-order valence-corrected chi connectivity index (χ1v) is 15.1. The predicted molar refractivity (Wildman–Crippen MR) is 182 cm³/mol. The van der Waals surface area contributed by atoms with Crippen molar-refractivity contribution in [3.05, 3.63) is 152 Å². The van der Waals surface area contributed by atoms with Crippen molar-refractivity contribution >= 4 is 39.1 Å². The van der Waals surface area contributed by atoms with Gasteiger partial charge in [-0.25, -0.2) is 4.98 Å². The summed E-state index contributed by atoms with van der Waals surface area (Å²) in [5, 5.41) is 2.64. The second-order valence-corrected chi connectivity index (χ2v) is 11.6. The third kappa shape index (κ3) is 3.13. The summed E-state index contributed by atoms with van der Waals surface area (Å²) in [5.74, 6) is 0.888. The molecule has 0 saturated carbocycles. The van der Waals surface area contributed by atoms with E-state index in [4.69, 9.17) is 4.98 Å². The maximum atomic E-state index is 5.23. The van der Waals surface area contributed by atoms with Gasteiger partial charge in [-0.3, -0.25) is 9.47 Å². The fraction of sp³-hybridized carbons (Fsp3) is 0. The van der Waals surface area contributed by atoms with Gasteiger partial charge in [0.25, 0.3) is 0 Å². The van der Waals surface area contributed by atoms with E-state index in [-0.39, 0.29) is 0 Å². The van der Waals surface area contributed by atoms with Gasteiger partial charge < -0.3 is 0 Å². The second kappa shape index (κ2) is 8.79. The number of imidazole rings is 1. The van der Waals surface area contributed by atoms with Gasteiger partial charge >= 0.3 is 0 Å². The molecular formula is C41H25N3. The van der Waals surface area contributed by atoms with Gasteiger partial charge in [-0.2, -0.15) is 0 Å². The molecule has 1 aromatic heterocycles.